The molecule has 0 unspecified atom stereocenters. The molecule has 3 nitrogen and oxygen atoms in total. The monoisotopic (exact) mass is 162 g/mol. The van der Waals surface area contributed by atoms with Crippen LogP contribution < -0.4 is 0 Å². The Hall–Kier alpha value is -0.440. The first-order chi connectivity index (χ1) is 5.41. The second kappa shape index (κ2) is 16.3. The van der Waals surface area contributed by atoms with Gasteiger partial charge in [-0.25, -0.2) is 0 Å². The molecule has 0 saturated carbocycles. The highest BCUT2D eigenvalue weighted by Gasteiger charge is 1.86. The number of aliphatic hydroxyl groups excluding tert-OH is 1. The molecule has 0 heterocycles. The highest BCUT2D eigenvalue weighted by molar-refractivity contribution is 4.41. The van der Waals surface area contributed by atoms with E-state index in [1.54, 1.807) is 0 Å². The van der Waals surface area contributed by atoms with Crippen molar-refractivity contribution in [2.45, 2.75) is 45.4 Å². The van der Waals surface area contributed by atoms with Crippen LogP contribution in [0.1, 0.15) is 45.4 Å². The second-order valence-electron chi connectivity index (χ2n) is 2.49. The zero-order valence-electron chi connectivity index (χ0n) is 7.21. The molecule has 0 aromatic carbocycles. The van der Waals surface area contributed by atoms with E-state index in [0.29, 0.717) is 6.61 Å². The number of hydrogen-bond donors (Lipinski definition) is 1. The van der Waals surface area contributed by atoms with E-state index in [1.165, 1.54) is 32.1 Å². The molecule has 1 N–H and O–H groups in total. The Morgan fingerprint density at radius 3 is 1.82 bits per heavy atom. The first-order valence-corrected chi connectivity index (χ1v) is 4.19. The van der Waals surface area contributed by atoms with Crippen LogP contribution in [-0.4, -0.2) is 11.7 Å². The minimum absolute atomic E-state index is 0.367. The minimum Gasteiger partial charge on any atom is -0.396 e. The van der Waals surface area contributed by atoms with Crippen molar-refractivity contribution in [2.75, 3.05) is 6.61 Å². The molecule has 0 aliphatic rings. The van der Waals surface area contributed by atoms with Crippen LogP contribution in [-0.2, 0) is 0 Å². The predicted octanol–water partition coefficient (Wildman–Crippen LogP) is 2.41. The quantitative estimate of drug-likeness (QED) is 0.610. The molecule has 3 heteroatoms. The smallest absolute Gasteiger partial charge is 0.0431 e. The van der Waals surface area contributed by atoms with Crippen LogP contribution in [0.4, 0.5) is 0 Å². The summed E-state index contributed by atoms with van der Waals surface area (Å²) in [5.74, 6) is 0. The lowest BCUT2D eigenvalue weighted by molar-refractivity contribution is 0.282. The van der Waals surface area contributed by atoms with Crippen molar-refractivity contribution in [2.24, 2.45) is 0 Å². The third kappa shape index (κ3) is 17.7. The van der Waals surface area contributed by atoms with Gasteiger partial charge in [0.1, 0.15) is 0 Å². The van der Waals surface area contributed by atoms with E-state index < -0.39 is 0 Å². The van der Waals surface area contributed by atoms with Crippen molar-refractivity contribution >= 4 is 0 Å². The van der Waals surface area contributed by atoms with Gasteiger partial charge in [-0.05, 0) is 6.42 Å². The summed E-state index contributed by atoms with van der Waals surface area (Å²) >= 11 is 0. The summed E-state index contributed by atoms with van der Waals surface area (Å²) in [7, 11) is 0. The molecule has 0 bridgehead atoms. The zero-order valence-corrected chi connectivity index (χ0v) is 7.21. The van der Waals surface area contributed by atoms with Gasteiger partial charge in [-0.2, -0.15) is 0 Å². The minimum atomic E-state index is 0.367. The van der Waals surface area contributed by atoms with E-state index in [-0.39, 0.29) is 0 Å². The van der Waals surface area contributed by atoms with Crippen molar-refractivity contribution in [1.82, 2.24) is 0 Å². The van der Waals surface area contributed by atoms with E-state index in [2.05, 4.69) is 6.92 Å². The average molecular weight is 162 g/mol. The van der Waals surface area contributed by atoms with E-state index in [9.17, 15) is 0 Å². The number of hydrogen-bond acceptors (Lipinski definition) is 3. The fraction of sp³-hybridized carbons (Fsp3) is 1.00. The Morgan fingerprint density at radius 1 is 0.909 bits per heavy atom. The molecule has 0 saturated heterocycles. The molecule has 0 aliphatic carbocycles. The highest BCUT2D eigenvalue weighted by Crippen LogP contribution is 2.03. The average Bonchev–Trinajstić information content (AvgIpc) is 2.08. The van der Waals surface area contributed by atoms with E-state index in [4.69, 9.17) is 15.0 Å². The summed E-state index contributed by atoms with van der Waals surface area (Å²) in [5.41, 5.74) is 0. The van der Waals surface area contributed by atoms with Crippen molar-refractivity contribution in [3.05, 3.63) is 9.93 Å². The predicted molar refractivity (Wildman–Crippen MR) is 47.2 cm³/mol. The fourth-order valence-corrected chi connectivity index (χ4v) is 0.892. The van der Waals surface area contributed by atoms with Crippen LogP contribution in [0.15, 0.2) is 0 Å². The summed E-state index contributed by atoms with van der Waals surface area (Å²) in [5, 5.41) is 8.42. The normalized spacial score (nSPS) is 8.55. The molecule has 0 aromatic rings. The maximum Gasteiger partial charge on any atom is 0.0431 e. The topological polar surface area (TPSA) is 54.4 Å². The lowest BCUT2D eigenvalue weighted by Gasteiger charge is -1.95. The van der Waals surface area contributed by atoms with Crippen LogP contribution in [0.2, 0.25) is 0 Å². The lowest BCUT2D eigenvalue weighted by atomic mass is 10.1. The van der Waals surface area contributed by atoms with E-state index in [0.717, 1.165) is 6.42 Å². The fourth-order valence-electron chi connectivity index (χ4n) is 0.892. The first kappa shape index (κ1) is 13.2. The molecule has 0 amide bonds. The maximum atomic E-state index is 8.42. The molecule has 0 atom stereocenters. The van der Waals surface area contributed by atoms with Gasteiger partial charge in [-0.1, -0.05) is 39.0 Å². The highest BCUT2D eigenvalue weighted by atomic mass is 16.7. The Labute approximate surface area is 68.0 Å². The summed E-state index contributed by atoms with van der Waals surface area (Å²) < 4.78 is 0. The van der Waals surface area contributed by atoms with Gasteiger partial charge in [0.15, 0.2) is 0 Å². The van der Waals surface area contributed by atoms with Crippen molar-refractivity contribution in [3.8, 4) is 0 Å². The van der Waals surface area contributed by atoms with Gasteiger partial charge in [-0.15, -0.1) is 0 Å². The van der Waals surface area contributed by atoms with Crippen LogP contribution in [0, 0.1) is 9.93 Å². The van der Waals surface area contributed by atoms with Gasteiger partial charge < -0.3 is 5.11 Å². The standard InChI is InChI=1S/C8H18O.O2/c1-2-3-4-5-6-7-8-9;1-2/h9H,2-8H2,1H3;. The first-order valence-electron chi connectivity index (χ1n) is 4.19. The van der Waals surface area contributed by atoms with E-state index in [1.807, 2.05) is 0 Å². The molecule has 0 spiro atoms. The molecular formula is C8H18O3. The molecule has 0 aromatic heterocycles. The molecule has 0 radical (unpaired) electrons. The van der Waals surface area contributed by atoms with Crippen molar-refractivity contribution in [3.63, 3.8) is 0 Å². The van der Waals surface area contributed by atoms with Crippen LogP contribution in [0.25, 0.3) is 0 Å². The summed E-state index contributed by atoms with van der Waals surface area (Å²) in [6.07, 6.45) is 7.50. The number of rotatable bonds is 6. The van der Waals surface area contributed by atoms with Crippen molar-refractivity contribution in [1.29, 1.82) is 0 Å². The van der Waals surface area contributed by atoms with Crippen LogP contribution in [0.3, 0.4) is 0 Å². The van der Waals surface area contributed by atoms with Gasteiger partial charge in [0, 0.05) is 16.5 Å². The molecular weight excluding hydrogens is 144 g/mol. The molecule has 11 heavy (non-hydrogen) atoms. The molecule has 0 fully saturated rings. The third-order valence-electron chi connectivity index (χ3n) is 1.51. The summed E-state index contributed by atoms with van der Waals surface area (Å²) in [4.78, 5) is 14.0. The summed E-state index contributed by atoms with van der Waals surface area (Å²) in [6.45, 7) is 2.58. The maximum absolute atomic E-state index is 8.42. The largest absolute Gasteiger partial charge is 0.396 e. The zero-order chi connectivity index (χ0) is 8.95. The van der Waals surface area contributed by atoms with Gasteiger partial charge in [0.25, 0.3) is 0 Å². The Balaban J connectivity index is 0. The van der Waals surface area contributed by atoms with Gasteiger partial charge in [0.2, 0.25) is 0 Å². The molecule has 0 rings (SSSR count). The summed E-state index contributed by atoms with van der Waals surface area (Å²) in [6, 6.07) is 0. The second-order valence-corrected chi connectivity index (χ2v) is 2.49. The van der Waals surface area contributed by atoms with Gasteiger partial charge >= 0.3 is 0 Å². The van der Waals surface area contributed by atoms with Crippen molar-refractivity contribution < 1.29 is 5.11 Å². The Morgan fingerprint density at radius 2 is 1.36 bits per heavy atom. The number of unbranched alkanes of at least 4 members (excludes halogenated alkanes) is 5. The Bertz CT molecular complexity index is 51.3. The van der Waals surface area contributed by atoms with Crippen LogP contribution in [0.5, 0.6) is 0 Å². The molecule has 0 aliphatic heterocycles. The van der Waals surface area contributed by atoms with Gasteiger partial charge in [-0.3, -0.25) is 0 Å². The van der Waals surface area contributed by atoms with Gasteiger partial charge in [0.05, 0.1) is 0 Å². The molecule has 68 valence electrons. The SMILES string of the molecule is CCCCCCCCO.O=O. The number of aliphatic hydroxyl groups is 1. The lowest BCUT2D eigenvalue weighted by Crippen LogP contribution is -1.82. The van der Waals surface area contributed by atoms with Crippen LogP contribution >= 0.6 is 0 Å². The third-order valence-corrected chi connectivity index (χ3v) is 1.51. The van der Waals surface area contributed by atoms with E-state index >= 15 is 0 Å². The Kier molecular flexibility index (Phi) is 19.5.